The van der Waals surface area contributed by atoms with Gasteiger partial charge in [0.1, 0.15) is 17.2 Å². The monoisotopic (exact) mass is 460 g/mol. The predicted molar refractivity (Wildman–Crippen MR) is 111 cm³/mol. The van der Waals surface area contributed by atoms with Crippen LogP contribution in [0.25, 0.3) is 17.0 Å². The fourth-order valence-electron chi connectivity index (χ4n) is 3.36. The number of amides is 1. The van der Waals surface area contributed by atoms with E-state index in [9.17, 15) is 18.0 Å². The van der Waals surface area contributed by atoms with Crippen molar-refractivity contribution in [3.8, 4) is 11.4 Å². The zero-order chi connectivity index (χ0) is 22.2. The van der Waals surface area contributed by atoms with Crippen LogP contribution in [0.15, 0.2) is 53.3 Å². The van der Waals surface area contributed by atoms with Gasteiger partial charge < -0.3 is 9.84 Å². The van der Waals surface area contributed by atoms with Gasteiger partial charge in [-0.05, 0) is 42.3 Å². The summed E-state index contributed by atoms with van der Waals surface area (Å²) >= 11 is 0.474. The molecule has 0 spiro atoms. The summed E-state index contributed by atoms with van der Waals surface area (Å²) in [6, 6.07) is 9.37. The number of nitrogens with one attached hydrogen (secondary N) is 1. The number of rotatable bonds is 6. The zero-order valence-electron chi connectivity index (χ0n) is 16.3. The molecule has 164 valence electrons. The molecule has 4 heterocycles. The molecule has 0 unspecified atom stereocenters. The van der Waals surface area contributed by atoms with Crippen molar-refractivity contribution >= 4 is 29.2 Å². The molecule has 0 aliphatic carbocycles. The van der Waals surface area contributed by atoms with E-state index in [-0.39, 0.29) is 23.1 Å². The summed E-state index contributed by atoms with van der Waals surface area (Å²) in [7, 11) is 0. The largest absolute Gasteiger partial charge is 0.339 e. The Kier molecular flexibility index (Phi) is 5.31. The summed E-state index contributed by atoms with van der Waals surface area (Å²) < 4.78 is 47.5. The lowest BCUT2D eigenvalue weighted by Gasteiger charge is -2.35. The molecule has 5 rings (SSSR count). The lowest BCUT2D eigenvalue weighted by atomic mass is 10.0. The summed E-state index contributed by atoms with van der Waals surface area (Å²) in [6.45, 7) is 0.751. The van der Waals surface area contributed by atoms with Gasteiger partial charge in [0.05, 0.1) is 17.8 Å². The summed E-state index contributed by atoms with van der Waals surface area (Å²) in [6.07, 6.45) is 3.10. The first-order valence-corrected chi connectivity index (χ1v) is 10.4. The second kappa shape index (κ2) is 8.28. The Hall–Kier alpha value is -3.38. The highest BCUT2D eigenvalue weighted by Crippen LogP contribution is 2.34. The second-order valence-corrected chi connectivity index (χ2v) is 8.17. The maximum atomic E-state index is 14.4. The van der Waals surface area contributed by atoms with E-state index < -0.39 is 17.5 Å². The smallest absolute Gasteiger partial charge is 0.298 e. The number of halogens is 3. The minimum absolute atomic E-state index is 0.0483. The molecule has 8 nitrogen and oxygen atoms in total. The summed E-state index contributed by atoms with van der Waals surface area (Å²) in [4.78, 5) is 21.1. The molecule has 12 heteroatoms. The van der Waals surface area contributed by atoms with E-state index in [1.165, 1.54) is 28.7 Å². The van der Waals surface area contributed by atoms with Gasteiger partial charge >= 0.3 is 0 Å². The highest BCUT2D eigenvalue weighted by Gasteiger charge is 2.34. The van der Waals surface area contributed by atoms with Gasteiger partial charge in [-0.25, -0.2) is 13.7 Å². The standard InChI is InChI=1S/C20H15F3N6O2S/c21-13-5-4-11(17-26-19(31-27-17)12-9-28(10-12)32-20(22)23)7-14(13)25-18(30)15-8-24-16-3-1-2-6-29(15)16/h1-8,12,20H,9-10H2,(H,25,30). The minimum atomic E-state index is -2.47. The molecule has 1 aliphatic heterocycles. The van der Waals surface area contributed by atoms with Crippen LogP contribution in [-0.4, -0.2) is 48.6 Å². The van der Waals surface area contributed by atoms with E-state index in [0.717, 1.165) is 0 Å². The lowest BCUT2D eigenvalue weighted by molar-refractivity contribution is 0.102. The van der Waals surface area contributed by atoms with E-state index in [0.29, 0.717) is 42.1 Å². The molecule has 1 saturated heterocycles. The minimum Gasteiger partial charge on any atom is -0.339 e. The van der Waals surface area contributed by atoms with Crippen molar-refractivity contribution in [2.75, 3.05) is 18.4 Å². The first kappa shape index (κ1) is 20.5. The number of aromatic nitrogens is 4. The van der Waals surface area contributed by atoms with Crippen LogP contribution in [0, 0.1) is 5.82 Å². The van der Waals surface area contributed by atoms with Gasteiger partial charge in [0.25, 0.3) is 11.7 Å². The van der Waals surface area contributed by atoms with Gasteiger partial charge in [-0.2, -0.15) is 13.8 Å². The third-order valence-corrected chi connectivity index (χ3v) is 5.75. The molecule has 0 radical (unpaired) electrons. The Balaban J connectivity index is 1.32. The first-order chi connectivity index (χ1) is 15.5. The summed E-state index contributed by atoms with van der Waals surface area (Å²) in [5.74, 6) is -3.23. The molecule has 0 saturated carbocycles. The topological polar surface area (TPSA) is 88.6 Å². The number of benzene rings is 1. The van der Waals surface area contributed by atoms with Gasteiger partial charge in [-0.15, -0.1) is 0 Å². The number of carbonyl (C=O) groups excluding carboxylic acids is 1. The molecule has 1 N–H and O–H groups in total. The van der Waals surface area contributed by atoms with E-state index in [4.69, 9.17) is 4.52 Å². The molecule has 1 fully saturated rings. The Morgan fingerprint density at radius 1 is 1.25 bits per heavy atom. The third kappa shape index (κ3) is 3.94. The molecular weight excluding hydrogens is 445 g/mol. The Bertz CT molecular complexity index is 1290. The van der Waals surface area contributed by atoms with Crippen LogP contribution in [0.1, 0.15) is 22.3 Å². The predicted octanol–water partition coefficient (Wildman–Crippen LogP) is 4.05. The van der Waals surface area contributed by atoms with Crippen LogP contribution in [0.5, 0.6) is 0 Å². The number of pyridine rings is 1. The average molecular weight is 460 g/mol. The van der Waals surface area contributed by atoms with Crippen LogP contribution >= 0.6 is 11.9 Å². The zero-order valence-corrected chi connectivity index (χ0v) is 17.1. The van der Waals surface area contributed by atoms with Crippen molar-refractivity contribution < 1.29 is 22.5 Å². The molecule has 1 aliphatic rings. The number of hydrogen-bond acceptors (Lipinski definition) is 7. The molecular formula is C20H15F3N6O2S. The van der Waals surface area contributed by atoms with Crippen molar-refractivity contribution in [3.63, 3.8) is 0 Å². The number of alkyl halides is 2. The van der Waals surface area contributed by atoms with Gasteiger partial charge in [0, 0.05) is 24.8 Å². The van der Waals surface area contributed by atoms with Crippen LogP contribution < -0.4 is 5.32 Å². The maximum absolute atomic E-state index is 14.4. The van der Waals surface area contributed by atoms with E-state index in [1.54, 1.807) is 28.8 Å². The third-order valence-electron chi connectivity index (χ3n) is 4.99. The molecule has 0 bridgehead atoms. The molecule has 32 heavy (non-hydrogen) atoms. The Labute approximate surface area is 183 Å². The van der Waals surface area contributed by atoms with Crippen molar-refractivity contribution in [1.29, 1.82) is 0 Å². The highest BCUT2D eigenvalue weighted by molar-refractivity contribution is 7.97. The first-order valence-electron chi connectivity index (χ1n) is 9.55. The van der Waals surface area contributed by atoms with E-state index >= 15 is 0 Å². The van der Waals surface area contributed by atoms with Crippen molar-refractivity contribution in [3.05, 3.63) is 66.2 Å². The van der Waals surface area contributed by atoms with Crippen LogP contribution in [-0.2, 0) is 0 Å². The van der Waals surface area contributed by atoms with Gasteiger partial charge in [0.2, 0.25) is 11.7 Å². The number of anilines is 1. The van der Waals surface area contributed by atoms with Crippen molar-refractivity contribution in [1.82, 2.24) is 23.8 Å². The molecule has 0 atom stereocenters. The van der Waals surface area contributed by atoms with E-state index in [1.807, 2.05) is 0 Å². The van der Waals surface area contributed by atoms with Gasteiger partial charge in [0.15, 0.2) is 0 Å². The fraction of sp³-hybridized carbons (Fsp3) is 0.200. The highest BCUT2D eigenvalue weighted by atomic mass is 32.2. The molecule has 1 aromatic carbocycles. The van der Waals surface area contributed by atoms with Gasteiger partial charge in [-0.1, -0.05) is 11.2 Å². The molecule has 3 aromatic heterocycles. The SMILES string of the molecule is O=C(Nc1cc(-c2noc(C3CN(SC(F)F)C3)n2)ccc1F)c1cnc2ccccn12. The number of carbonyl (C=O) groups is 1. The average Bonchev–Trinajstić information content (AvgIpc) is 3.39. The Morgan fingerprint density at radius 2 is 2.09 bits per heavy atom. The number of hydrogen-bond donors (Lipinski definition) is 1. The van der Waals surface area contributed by atoms with Crippen LogP contribution in [0.3, 0.4) is 0 Å². The number of nitrogens with zero attached hydrogens (tertiary/aromatic N) is 5. The van der Waals surface area contributed by atoms with Gasteiger partial charge in [-0.3, -0.25) is 9.20 Å². The quantitative estimate of drug-likeness (QED) is 0.435. The molecule has 4 aromatic rings. The fourth-order valence-corrected chi connectivity index (χ4v) is 4.12. The van der Waals surface area contributed by atoms with Crippen molar-refractivity contribution in [2.45, 2.75) is 11.7 Å². The normalized spacial score (nSPS) is 14.8. The second-order valence-electron chi connectivity index (χ2n) is 7.09. The maximum Gasteiger partial charge on any atom is 0.298 e. The summed E-state index contributed by atoms with van der Waals surface area (Å²) in [5.41, 5.74) is 1.23. The van der Waals surface area contributed by atoms with E-state index in [2.05, 4.69) is 20.4 Å². The van der Waals surface area contributed by atoms with Crippen LogP contribution in [0.4, 0.5) is 18.9 Å². The van der Waals surface area contributed by atoms with Crippen LogP contribution in [0.2, 0.25) is 0 Å². The van der Waals surface area contributed by atoms with Crippen molar-refractivity contribution in [2.24, 2.45) is 0 Å². The number of fused-ring (bicyclic) bond motifs is 1. The molecule has 1 amide bonds. The number of imidazole rings is 1. The Morgan fingerprint density at radius 3 is 2.91 bits per heavy atom. The lowest BCUT2D eigenvalue weighted by Crippen LogP contribution is -2.40. The summed E-state index contributed by atoms with van der Waals surface area (Å²) in [5, 5.41) is 6.46.